The van der Waals surface area contributed by atoms with Crippen molar-refractivity contribution in [3.63, 3.8) is 0 Å². The summed E-state index contributed by atoms with van der Waals surface area (Å²) in [7, 11) is 0. The van der Waals surface area contributed by atoms with E-state index < -0.39 is 0 Å². The number of hydrogen-bond acceptors (Lipinski definition) is 4. The van der Waals surface area contributed by atoms with Gasteiger partial charge in [-0.1, -0.05) is 33.2 Å². The van der Waals surface area contributed by atoms with Gasteiger partial charge in [-0.15, -0.1) is 0 Å². The van der Waals surface area contributed by atoms with E-state index in [0.29, 0.717) is 18.4 Å². The van der Waals surface area contributed by atoms with Crippen molar-refractivity contribution in [1.29, 1.82) is 0 Å². The summed E-state index contributed by atoms with van der Waals surface area (Å²) in [6, 6.07) is 8.73. The molecule has 17 heavy (non-hydrogen) atoms. The van der Waals surface area contributed by atoms with Gasteiger partial charge >= 0.3 is 0 Å². The van der Waals surface area contributed by atoms with Gasteiger partial charge in [0.1, 0.15) is 0 Å². The first-order valence-corrected chi connectivity index (χ1v) is 6.26. The summed E-state index contributed by atoms with van der Waals surface area (Å²) in [5, 5.41) is 7.10. The second-order valence-corrected chi connectivity index (χ2v) is 4.88. The molecule has 90 valence electrons. The monoisotopic (exact) mass is 295 g/mol. The van der Waals surface area contributed by atoms with E-state index in [2.05, 4.69) is 67.1 Å². The molecular weight excluding hydrogens is 282 g/mol. The first-order valence-electron chi connectivity index (χ1n) is 5.47. The van der Waals surface area contributed by atoms with Gasteiger partial charge in [-0.3, -0.25) is 0 Å². The van der Waals surface area contributed by atoms with E-state index in [1.54, 1.807) is 0 Å². The Bertz CT molecular complexity index is 441. The average Bonchev–Trinajstić information content (AvgIpc) is 2.83. The molecule has 0 aliphatic carbocycles. The Balaban J connectivity index is 1.80. The topological polar surface area (TPSA) is 51.0 Å². The first kappa shape index (κ1) is 12.3. The number of aromatic nitrogens is 2. The molecule has 0 saturated carbocycles. The SMILES string of the molecule is CC(Cc1ccc(Br)cc1)NCc1ncon1. The minimum atomic E-state index is 0.370. The summed E-state index contributed by atoms with van der Waals surface area (Å²) in [6.45, 7) is 2.77. The Hall–Kier alpha value is -1.20. The van der Waals surface area contributed by atoms with Gasteiger partial charge in [-0.2, -0.15) is 4.98 Å². The molecular formula is C12H14BrN3O. The molecule has 0 aliphatic rings. The lowest BCUT2D eigenvalue weighted by molar-refractivity contribution is 0.404. The van der Waals surface area contributed by atoms with Crippen molar-refractivity contribution in [3.8, 4) is 0 Å². The van der Waals surface area contributed by atoms with Crippen molar-refractivity contribution < 1.29 is 4.52 Å². The van der Waals surface area contributed by atoms with Crippen molar-refractivity contribution in [1.82, 2.24) is 15.5 Å². The highest BCUT2D eigenvalue weighted by Gasteiger charge is 2.05. The molecule has 0 saturated heterocycles. The van der Waals surface area contributed by atoms with Crippen LogP contribution in [0.2, 0.25) is 0 Å². The zero-order chi connectivity index (χ0) is 12.1. The zero-order valence-corrected chi connectivity index (χ0v) is 11.1. The summed E-state index contributed by atoms with van der Waals surface area (Å²) < 4.78 is 5.78. The number of nitrogens with zero attached hydrogens (tertiary/aromatic N) is 2. The molecule has 1 atom stereocenters. The van der Waals surface area contributed by atoms with E-state index >= 15 is 0 Å². The lowest BCUT2D eigenvalue weighted by Gasteiger charge is -2.12. The molecule has 4 nitrogen and oxygen atoms in total. The quantitative estimate of drug-likeness (QED) is 0.921. The van der Waals surface area contributed by atoms with Crippen LogP contribution in [0.4, 0.5) is 0 Å². The predicted molar refractivity (Wildman–Crippen MR) is 68.4 cm³/mol. The Morgan fingerprint density at radius 3 is 2.76 bits per heavy atom. The van der Waals surface area contributed by atoms with Crippen molar-refractivity contribution in [3.05, 3.63) is 46.5 Å². The van der Waals surface area contributed by atoms with Crippen LogP contribution in [0.3, 0.4) is 0 Å². The molecule has 1 heterocycles. The average molecular weight is 296 g/mol. The maximum atomic E-state index is 4.67. The molecule has 2 aromatic rings. The molecule has 0 radical (unpaired) electrons. The first-order chi connectivity index (χ1) is 8.24. The third-order valence-electron chi connectivity index (χ3n) is 2.47. The molecule has 0 bridgehead atoms. The highest BCUT2D eigenvalue weighted by atomic mass is 79.9. The lowest BCUT2D eigenvalue weighted by Crippen LogP contribution is -2.27. The van der Waals surface area contributed by atoms with Crippen molar-refractivity contribution in [2.75, 3.05) is 0 Å². The third kappa shape index (κ3) is 3.94. The molecule has 0 amide bonds. The van der Waals surface area contributed by atoms with Gasteiger partial charge in [0.2, 0.25) is 6.39 Å². The van der Waals surface area contributed by atoms with Crippen LogP contribution in [0.15, 0.2) is 39.7 Å². The number of nitrogens with one attached hydrogen (secondary N) is 1. The van der Waals surface area contributed by atoms with Gasteiger partial charge in [0.05, 0.1) is 6.54 Å². The highest BCUT2D eigenvalue weighted by Crippen LogP contribution is 2.11. The fourth-order valence-corrected chi connectivity index (χ4v) is 1.85. The van der Waals surface area contributed by atoms with Crippen LogP contribution in [-0.4, -0.2) is 16.2 Å². The van der Waals surface area contributed by atoms with E-state index in [4.69, 9.17) is 0 Å². The Labute approximate surface area is 109 Å². The zero-order valence-electron chi connectivity index (χ0n) is 9.56. The van der Waals surface area contributed by atoms with Gasteiger partial charge in [0, 0.05) is 10.5 Å². The van der Waals surface area contributed by atoms with Crippen molar-refractivity contribution in [2.24, 2.45) is 0 Å². The van der Waals surface area contributed by atoms with Crippen molar-refractivity contribution >= 4 is 15.9 Å². The van der Waals surface area contributed by atoms with Gasteiger partial charge in [-0.05, 0) is 31.0 Å². The van der Waals surface area contributed by atoms with E-state index in [-0.39, 0.29) is 0 Å². The van der Waals surface area contributed by atoms with Crippen LogP contribution in [0, 0.1) is 0 Å². The fraction of sp³-hybridized carbons (Fsp3) is 0.333. The van der Waals surface area contributed by atoms with Crippen LogP contribution in [0.25, 0.3) is 0 Å². The van der Waals surface area contributed by atoms with Gasteiger partial charge in [0.25, 0.3) is 0 Å². The summed E-state index contributed by atoms with van der Waals surface area (Å²) in [5.41, 5.74) is 1.31. The predicted octanol–water partition coefficient (Wildman–Crippen LogP) is 2.55. The van der Waals surface area contributed by atoms with Gasteiger partial charge in [-0.25, -0.2) is 0 Å². The van der Waals surface area contributed by atoms with E-state index in [1.807, 2.05) is 0 Å². The van der Waals surface area contributed by atoms with Crippen LogP contribution >= 0.6 is 15.9 Å². The third-order valence-corrected chi connectivity index (χ3v) is 3.00. The summed E-state index contributed by atoms with van der Waals surface area (Å²) in [4.78, 5) is 3.96. The molecule has 0 fully saturated rings. The second-order valence-electron chi connectivity index (χ2n) is 3.96. The van der Waals surface area contributed by atoms with Crippen LogP contribution < -0.4 is 5.32 Å². The van der Waals surface area contributed by atoms with Crippen LogP contribution in [-0.2, 0) is 13.0 Å². The number of rotatable bonds is 5. The number of hydrogen-bond donors (Lipinski definition) is 1. The maximum Gasteiger partial charge on any atom is 0.213 e. The molecule has 1 unspecified atom stereocenters. The largest absolute Gasteiger partial charge is 0.343 e. The molecule has 1 aromatic carbocycles. The van der Waals surface area contributed by atoms with E-state index in [9.17, 15) is 0 Å². The van der Waals surface area contributed by atoms with Crippen LogP contribution in [0.5, 0.6) is 0 Å². The highest BCUT2D eigenvalue weighted by molar-refractivity contribution is 9.10. The molecule has 1 N–H and O–H groups in total. The molecule has 0 spiro atoms. The molecule has 0 aliphatic heterocycles. The Morgan fingerprint density at radius 1 is 1.35 bits per heavy atom. The Morgan fingerprint density at radius 2 is 2.12 bits per heavy atom. The normalized spacial score (nSPS) is 12.6. The maximum absolute atomic E-state index is 4.67. The van der Waals surface area contributed by atoms with E-state index in [0.717, 1.165) is 10.9 Å². The smallest absolute Gasteiger partial charge is 0.213 e. The molecule has 5 heteroatoms. The summed E-state index contributed by atoms with van der Waals surface area (Å²) >= 11 is 3.43. The number of halogens is 1. The van der Waals surface area contributed by atoms with Crippen molar-refractivity contribution in [2.45, 2.75) is 25.9 Å². The number of benzene rings is 1. The minimum Gasteiger partial charge on any atom is -0.343 e. The summed E-state index contributed by atoms with van der Waals surface area (Å²) in [5.74, 6) is 0.688. The lowest BCUT2D eigenvalue weighted by atomic mass is 10.1. The van der Waals surface area contributed by atoms with E-state index in [1.165, 1.54) is 12.0 Å². The molecule has 1 aromatic heterocycles. The molecule has 2 rings (SSSR count). The van der Waals surface area contributed by atoms with Gasteiger partial charge in [0.15, 0.2) is 5.82 Å². The van der Waals surface area contributed by atoms with Crippen LogP contribution in [0.1, 0.15) is 18.3 Å². The standard InChI is InChI=1S/C12H14BrN3O/c1-9(14-7-12-15-8-17-16-12)6-10-2-4-11(13)5-3-10/h2-5,8-9,14H,6-7H2,1H3. The Kier molecular flexibility index (Phi) is 4.28. The second kappa shape index (κ2) is 5.93. The van der Waals surface area contributed by atoms with Gasteiger partial charge < -0.3 is 9.84 Å². The fourth-order valence-electron chi connectivity index (χ4n) is 1.58. The minimum absolute atomic E-state index is 0.370. The summed E-state index contributed by atoms with van der Waals surface area (Å²) in [6.07, 6.45) is 2.32.